The molecule has 0 aliphatic carbocycles. The zero-order valence-electron chi connectivity index (χ0n) is 11.2. The molecule has 3 aromatic rings. The van der Waals surface area contributed by atoms with Crippen LogP contribution >= 0.6 is 11.3 Å². The molecule has 0 unspecified atom stereocenters. The van der Waals surface area contributed by atoms with Crippen LogP contribution in [0.5, 0.6) is 0 Å². The molecule has 0 bridgehead atoms. The van der Waals surface area contributed by atoms with E-state index in [0.717, 1.165) is 0 Å². The summed E-state index contributed by atoms with van der Waals surface area (Å²) in [5.74, 6) is 0.488. The normalized spacial score (nSPS) is 11.8. The standard InChI is InChI=1S/C16H17NS/c1-9(2)14-8-7-13-12-6-5-10(3)11(4)15(12)18-16(13)17-14/h5-9H,1-4H3. The maximum absolute atomic E-state index is 4.80. The van der Waals surface area contributed by atoms with Crippen molar-refractivity contribution in [1.29, 1.82) is 0 Å². The lowest BCUT2D eigenvalue weighted by Crippen LogP contribution is -1.90. The summed E-state index contributed by atoms with van der Waals surface area (Å²) in [5.41, 5.74) is 3.93. The van der Waals surface area contributed by atoms with Crippen LogP contribution in [0.2, 0.25) is 0 Å². The summed E-state index contributed by atoms with van der Waals surface area (Å²) in [6.07, 6.45) is 0. The number of rotatable bonds is 1. The van der Waals surface area contributed by atoms with Crippen LogP contribution in [0.1, 0.15) is 36.6 Å². The highest BCUT2D eigenvalue weighted by molar-refractivity contribution is 7.25. The van der Waals surface area contributed by atoms with Crippen LogP contribution in [0, 0.1) is 13.8 Å². The summed E-state index contributed by atoms with van der Waals surface area (Å²) in [6, 6.07) is 8.83. The van der Waals surface area contributed by atoms with Crippen LogP contribution in [-0.4, -0.2) is 4.98 Å². The number of hydrogen-bond acceptors (Lipinski definition) is 2. The minimum Gasteiger partial charge on any atom is -0.242 e. The van der Waals surface area contributed by atoms with E-state index in [2.05, 4.69) is 52.0 Å². The fourth-order valence-electron chi connectivity index (χ4n) is 2.29. The van der Waals surface area contributed by atoms with E-state index in [1.54, 1.807) is 0 Å². The molecular weight excluding hydrogens is 238 g/mol. The third-order valence-corrected chi connectivity index (χ3v) is 4.87. The zero-order chi connectivity index (χ0) is 12.9. The lowest BCUT2D eigenvalue weighted by atomic mass is 10.1. The second-order valence-electron chi connectivity index (χ2n) is 5.23. The quantitative estimate of drug-likeness (QED) is 0.583. The summed E-state index contributed by atoms with van der Waals surface area (Å²) in [6.45, 7) is 8.76. The number of aryl methyl sites for hydroxylation is 2. The molecule has 0 atom stereocenters. The topological polar surface area (TPSA) is 12.9 Å². The Kier molecular flexibility index (Phi) is 2.63. The Bertz CT molecular complexity index is 738. The molecule has 0 aliphatic heterocycles. The van der Waals surface area contributed by atoms with Crippen molar-refractivity contribution in [1.82, 2.24) is 4.98 Å². The zero-order valence-corrected chi connectivity index (χ0v) is 12.1. The highest BCUT2D eigenvalue weighted by Crippen LogP contribution is 2.36. The monoisotopic (exact) mass is 255 g/mol. The maximum Gasteiger partial charge on any atom is 0.124 e. The molecule has 0 fully saturated rings. The first kappa shape index (κ1) is 11.7. The third-order valence-electron chi connectivity index (χ3n) is 3.64. The predicted molar refractivity (Wildman–Crippen MR) is 80.7 cm³/mol. The summed E-state index contributed by atoms with van der Waals surface area (Å²) in [4.78, 5) is 5.97. The van der Waals surface area contributed by atoms with Crippen molar-refractivity contribution in [3.8, 4) is 0 Å². The van der Waals surface area contributed by atoms with Gasteiger partial charge in [-0.2, -0.15) is 0 Å². The Hall–Kier alpha value is -1.41. The molecule has 18 heavy (non-hydrogen) atoms. The molecular formula is C16H17NS. The molecule has 3 rings (SSSR count). The number of thiophene rings is 1. The van der Waals surface area contributed by atoms with Gasteiger partial charge >= 0.3 is 0 Å². The number of benzene rings is 1. The second-order valence-corrected chi connectivity index (χ2v) is 6.23. The van der Waals surface area contributed by atoms with Crippen LogP contribution in [0.3, 0.4) is 0 Å². The molecule has 1 nitrogen and oxygen atoms in total. The molecule has 1 aromatic carbocycles. The molecule has 0 N–H and O–H groups in total. The fourth-order valence-corrected chi connectivity index (χ4v) is 3.52. The summed E-state index contributed by atoms with van der Waals surface area (Å²) in [7, 11) is 0. The minimum atomic E-state index is 0.488. The number of hydrogen-bond donors (Lipinski definition) is 0. The van der Waals surface area contributed by atoms with Crippen LogP contribution in [-0.2, 0) is 0 Å². The Morgan fingerprint density at radius 3 is 2.44 bits per heavy atom. The average molecular weight is 255 g/mol. The molecule has 2 heterocycles. The van der Waals surface area contributed by atoms with Gasteiger partial charge in [-0.3, -0.25) is 0 Å². The van der Waals surface area contributed by atoms with Gasteiger partial charge in [0.25, 0.3) is 0 Å². The van der Waals surface area contributed by atoms with E-state index in [4.69, 9.17) is 4.98 Å². The van der Waals surface area contributed by atoms with Gasteiger partial charge < -0.3 is 0 Å². The summed E-state index contributed by atoms with van der Waals surface area (Å²) < 4.78 is 1.39. The van der Waals surface area contributed by atoms with Gasteiger partial charge in [-0.1, -0.05) is 26.0 Å². The number of nitrogens with zero attached hydrogens (tertiary/aromatic N) is 1. The van der Waals surface area contributed by atoms with Crippen molar-refractivity contribution < 1.29 is 0 Å². The van der Waals surface area contributed by atoms with Crippen molar-refractivity contribution in [3.63, 3.8) is 0 Å². The van der Waals surface area contributed by atoms with Gasteiger partial charge in [0.15, 0.2) is 0 Å². The lowest BCUT2D eigenvalue weighted by molar-refractivity contribution is 0.831. The van der Waals surface area contributed by atoms with E-state index < -0.39 is 0 Å². The Morgan fingerprint density at radius 2 is 1.72 bits per heavy atom. The molecule has 0 radical (unpaired) electrons. The first-order valence-electron chi connectivity index (χ1n) is 6.37. The molecule has 0 amide bonds. The second kappa shape index (κ2) is 4.06. The number of aromatic nitrogens is 1. The predicted octanol–water partition coefficient (Wildman–Crippen LogP) is 5.19. The third kappa shape index (κ3) is 1.64. The number of pyridine rings is 1. The van der Waals surface area contributed by atoms with Crippen LogP contribution < -0.4 is 0 Å². The average Bonchev–Trinajstić information content (AvgIpc) is 2.72. The fraction of sp³-hybridized carbons (Fsp3) is 0.312. The Morgan fingerprint density at radius 1 is 1.00 bits per heavy atom. The maximum atomic E-state index is 4.80. The van der Waals surface area contributed by atoms with Gasteiger partial charge in [0.1, 0.15) is 4.83 Å². The lowest BCUT2D eigenvalue weighted by Gasteiger charge is -2.03. The van der Waals surface area contributed by atoms with E-state index >= 15 is 0 Å². The molecule has 0 aliphatic rings. The molecule has 0 saturated heterocycles. The Labute approximate surface area is 111 Å². The molecule has 92 valence electrons. The Balaban J connectivity index is 2.39. The largest absolute Gasteiger partial charge is 0.242 e. The van der Waals surface area contributed by atoms with Gasteiger partial charge in [-0.25, -0.2) is 4.98 Å². The van der Waals surface area contributed by atoms with Crippen molar-refractivity contribution in [2.75, 3.05) is 0 Å². The van der Waals surface area contributed by atoms with Crippen LogP contribution in [0.4, 0.5) is 0 Å². The van der Waals surface area contributed by atoms with Crippen molar-refractivity contribution in [3.05, 3.63) is 41.1 Å². The molecule has 0 spiro atoms. The summed E-state index contributed by atoms with van der Waals surface area (Å²) >= 11 is 1.82. The number of fused-ring (bicyclic) bond motifs is 3. The highest BCUT2D eigenvalue weighted by atomic mass is 32.1. The van der Waals surface area contributed by atoms with Gasteiger partial charge in [-0.05, 0) is 43.0 Å². The summed E-state index contributed by atoms with van der Waals surface area (Å²) in [5, 5.41) is 2.64. The van der Waals surface area contributed by atoms with Gasteiger partial charge in [-0.15, -0.1) is 11.3 Å². The highest BCUT2D eigenvalue weighted by Gasteiger charge is 2.10. The van der Waals surface area contributed by atoms with Gasteiger partial charge in [0, 0.05) is 21.2 Å². The first-order chi connectivity index (χ1) is 8.58. The van der Waals surface area contributed by atoms with Gasteiger partial charge in [0.05, 0.1) is 0 Å². The van der Waals surface area contributed by atoms with Gasteiger partial charge in [0.2, 0.25) is 0 Å². The van der Waals surface area contributed by atoms with Crippen LogP contribution in [0.25, 0.3) is 20.3 Å². The first-order valence-corrected chi connectivity index (χ1v) is 7.19. The van der Waals surface area contributed by atoms with Crippen molar-refractivity contribution in [2.24, 2.45) is 0 Å². The van der Waals surface area contributed by atoms with E-state index in [-0.39, 0.29) is 0 Å². The van der Waals surface area contributed by atoms with Crippen LogP contribution in [0.15, 0.2) is 24.3 Å². The molecule has 2 aromatic heterocycles. The van der Waals surface area contributed by atoms with E-state index in [1.165, 1.54) is 37.1 Å². The van der Waals surface area contributed by atoms with E-state index in [0.29, 0.717) is 5.92 Å². The van der Waals surface area contributed by atoms with Crippen molar-refractivity contribution in [2.45, 2.75) is 33.6 Å². The van der Waals surface area contributed by atoms with Crippen molar-refractivity contribution >= 4 is 31.6 Å². The van der Waals surface area contributed by atoms with E-state index in [1.807, 2.05) is 11.3 Å². The SMILES string of the molecule is Cc1ccc2c(sc3nc(C(C)C)ccc32)c1C. The minimum absolute atomic E-state index is 0.488. The molecule has 2 heteroatoms. The van der Waals surface area contributed by atoms with E-state index in [9.17, 15) is 0 Å². The molecule has 0 saturated carbocycles. The smallest absolute Gasteiger partial charge is 0.124 e.